The second kappa shape index (κ2) is 7.08. The minimum atomic E-state index is -0.202. The predicted octanol–water partition coefficient (Wildman–Crippen LogP) is 4.69. The number of nitrogens with one attached hydrogen (secondary N) is 1. The minimum absolute atomic E-state index is 0.159. The quantitative estimate of drug-likeness (QED) is 0.731. The number of pyridine rings is 1. The largest absolute Gasteiger partial charge is 0.324 e. The Kier molecular flexibility index (Phi) is 4.91. The first-order chi connectivity index (χ1) is 11.1. The number of carbonyl (C=O) groups is 1. The summed E-state index contributed by atoms with van der Waals surface area (Å²) in [5, 5.41) is 6.11. The number of hydrogen-bond acceptors (Lipinski definition) is 4. The molecule has 23 heavy (non-hydrogen) atoms. The normalized spacial score (nSPS) is 10.5. The van der Waals surface area contributed by atoms with E-state index in [9.17, 15) is 4.79 Å². The van der Waals surface area contributed by atoms with Crippen molar-refractivity contribution in [3.05, 3.63) is 63.7 Å². The summed E-state index contributed by atoms with van der Waals surface area (Å²) in [7, 11) is 0. The molecule has 0 aliphatic rings. The van der Waals surface area contributed by atoms with Gasteiger partial charge in [0.05, 0.1) is 33.5 Å². The van der Waals surface area contributed by atoms with Gasteiger partial charge in [0.2, 0.25) is 5.91 Å². The lowest BCUT2D eigenvalue weighted by molar-refractivity contribution is -0.115. The zero-order valence-electron chi connectivity index (χ0n) is 11.8. The number of thiazole rings is 1. The van der Waals surface area contributed by atoms with Crippen LogP contribution in [0.4, 0.5) is 5.69 Å². The molecule has 0 bridgehead atoms. The van der Waals surface area contributed by atoms with Gasteiger partial charge in [0.1, 0.15) is 5.01 Å². The Hall–Kier alpha value is -1.95. The van der Waals surface area contributed by atoms with Crippen LogP contribution in [0.5, 0.6) is 0 Å². The minimum Gasteiger partial charge on any atom is -0.324 e. The maximum absolute atomic E-state index is 12.1. The fraction of sp³-hybridized carbons (Fsp3) is 0.0625. The number of halogens is 2. The van der Waals surface area contributed by atoms with E-state index in [1.807, 2.05) is 23.6 Å². The topological polar surface area (TPSA) is 54.9 Å². The van der Waals surface area contributed by atoms with Crippen molar-refractivity contribution in [2.24, 2.45) is 0 Å². The number of aromatic nitrogens is 2. The number of benzene rings is 1. The molecule has 116 valence electrons. The van der Waals surface area contributed by atoms with E-state index < -0.39 is 0 Å². The van der Waals surface area contributed by atoms with Gasteiger partial charge >= 0.3 is 0 Å². The SMILES string of the molecule is O=C(Cc1csc(-c2ccccn2)n1)Nc1cccc(Cl)c1Cl. The average molecular weight is 364 g/mol. The van der Waals surface area contributed by atoms with Crippen molar-refractivity contribution < 1.29 is 4.79 Å². The van der Waals surface area contributed by atoms with Gasteiger partial charge in [-0.05, 0) is 24.3 Å². The fourth-order valence-corrected chi connectivity index (χ4v) is 3.10. The summed E-state index contributed by atoms with van der Waals surface area (Å²) in [6.07, 6.45) is 1.87. The fourth-order valence-electron chi connectivity index (χ4n) is 1.95. The van der Waals surface area contributed by atoms with Crippen molar-refractivity contribution in [1.29, 1.82) is 0 Å². The van der Waals surface area contributed by atoms with Crippen LogP contribution in [-0.2, 0) is 11.2 Å². The van der Waals surface area contributed by atoms with E-state index in [2.05, 4.69) is 15.3 Å². The van der Waals surface area contributed by atoms with Crippen LogP contribution in [0.1, 0.15) is 5.69 Å². The van der Waals surface area contributed by atoms with Crippen LogP contribution in [0.15, 0.2) is 48.0 Å². The van der Waals surface area contributed by atoms with Gasteiger partial charge in [0.25, 0.3) is 0 Å². The lowest BCUT2D eigenvalue weighted by atomic mass is 10.2. The number of anilines is 1. The number of hydrogen-bond donors (Lipinski definition) is 1. The molecular weight excluding hydrogens is 353 g/mol. The molecule has 1 aromatic carbocycles. The number of rotatable bonds is 4. The Labute approximate surface area is 147 Å². The van der Waals surface area contributed by atoms with Gasteiger partial charge in [-0.3, -0.25) is 9.78 Å². The smallest absolute Gasteiger partial charge is 0.230 e. The van der Waals surface area contributed by atoms with E-state index in [-0.39, 0.29) is 12.3 Å². The standard InChI is InChI=1S/C16H11Cl2N3OS/c17-11-4-3-6-12(15(11)18)21-14(22)8-10-9-23-16(20-10)13-5-1-2-7-19-13/h1-7,9H,8H2,(H,21,22). The van der Waals surface area contributed by atoms with E-state index in [1.54, 1.807) is 24.4 Å². The predicted molar refractivity (Wildman–Crippen MR) is 94.1 cm³/mol. The first kappa shape index (κ1) is 15.9. The maximum Gasteiger partial charge on any atom is 0.230 e. The van der Waals surface area contributed by atoms with Crippen LogP contribution in [-0.4, -0.2) is 15.9 Å². The van der Waals surface area contributed by atoms with Crippen molar-refractivity contribution in [2.45, 2.75) is 6.42 Å². The molecule has 0 saturated carbocycles. The summed E-state index contributed by atoms with van der Waals surface area (Å²) in [5.74, 6) is -0.202. The van der Waals surface area contributed by atoms with Gasteiger partial charge in [-0.25, -0.2) is 4.98 Å². The Balaban J connectivity index is 1.69. The van der Waals surface area contributed by atoms with Crippen LogP contribution in [0, 0.1) is 0 Å². The van der Waals surface area contributed by atoms with Gasteiger partial charge in [-0.1, -0.05) is 35.3 Å². The highest BCUT2D eigenvalue weighted by Gasteiger charge is 2.12. The van der Waals surface area contributed by atoms with Crippen molar-refractivity contribution in [1.82, 2.24) is 9.97 Å². The van der Waals surface area contributed by atoms with Crippen LogP contribution in [0.25, 0.3) is 10.7 Å². The molecule has 4 nitrogen and oxygen atoms in total. The third kappa shape index (κ3) is 3.88. The second-order valence-corrected chi connectivity index (χ2v) is 6.33. The molecule has 0 radical (unpaired) electrons. The van der Waals surface area contributed by atoms with Crippen LogP contribution in [0.2, 0.25) is 10.0 Å². The molecule has 1 N–H and O–H groups in total. The molecule has 0 aliphatic heterocycles. The molecule has 0 atom stereocenters. The van der Waals surface area contributed by atoms with E-state index in [1.165, 1.54) is 11.3 Å². The summed E-state index contributed by atoms with van der Waals surface area (Å²) < 4.78 is 0. The first-order valence-corrected chi connectivity index (χ1v) is 8.36. The maximum atomic E-state index is 12.1. The van der Waals surface area contributed by atoms with Gasteiger partial charge in [0, 0.05) is 11.6 Å². The van der Waals surface area contributed by atoms with E-state index >= 15 is 0 Å². The zero-order chi connectivity index (χ0) is 16.2. The van der Waals surface area contributed by atoms with Gasteiger partial charge in [-0.2, -0.15) is 0 Å². The monoisotopic (exact) mass is 363 g/mol. The Morgan fingerprint density at radius 1 is 1.17 bits per heavy atom. The molecule has 1 amide bonds. The van der Waals surface area contributed by atoms with Crippen LogP contribution in [0.3, 0.4) is 0 Å². The third-order valence-electron chi connectivity index (χ3n) is 3.00. The van der Waals surface area contributed by atoms with Crippen LogP contribution >= 0.6 is 34.5 Å². The van der Waals surface area contributed by atoms with Crippen molar-refractivity contribution >= 4 is 46.1 Å². The number of carbonyl (C=O) groups excluding carboxylic acids is 1. The lowest BCUT2D eigenvalue weighted by Crippen LogP contribution is -2.14. The first-order valence-electron chi connectivity index (χ1n) is 6.73. The van der Waals surface area contributed by atoms with E-state index in [0.717, 1.165) is 10.7 Å². The molecule has 0 unspecified atom stereocenters. The van der Waals surface area contributed by atoms with Crippen LogP contribution < -0.4 is 5.32 Å². The number of amides is 1. The summed E-state index contributed by atoms with van der Waals surface area (Å²) >= 11 is 13.4. The van der Waals surface area contributed by atoms with Gasteiger partial charge in [-0.15, -0.1) is 11.3 Å². The summed E-state index contributed by atoms with van der Waals surface area (Å²) in [5.41, 5.74) is 1.97. The summed E-state index contributed by atoms with van der Waals surface area (Å²) in [6.45, 7) is 0. The molecule has 0 fully saturated rings. The molecule has 2 heterocycles. The molecule has 0 saturated heterocycles. The zero-order valence-corrected chi connectivity index (χ0v) is 14.1. The van der Waals surface area contributed by atoms with Gasteiger partial charge in [0.15, 0.2) is 0 Å². The highest BCUT2D eigenvalue weighted by Crippen LogP contribution is 2.29. The highest BCUT2D eigenvalue weighted by molar-refractivity contribution is 7.13. The molecular formula is C16H11Cl2N3OS. The van der Waals surface area contributed by atoms with Crippen molar-refractivity contribution in [3.8, 4) is 10.7 Å². The lowest BCUT2D eigenvalue weighted by Gasteiger charge is -2.07. The molecule has 0 spiro atoms. The Bertz CT molecular complexity index is 836. The number of nitrogens with zero attached hydrogens (tertiary/aromatic N) is 2. The van der Waals surface area contributed by atoms with Gasteiger partial charge < -0.3 is 5.32 Å². The van der Waals surface area contributed by atoms with Crippen molar-refractivity contribution in [2.75, 3.05) is 5.32 Å². The third-order valence-corrected chi connectivity index (χ3v) is 4.74. The van der Waals surface area contributed by atoms with E-state index in [0.29, 0.717) is 21.4 Å². The molecule has 0 aliphatic carbocycles. The molecule has 3 aromatic rings. The highest BCUT2D eigenvalue weighted by atomic mass is 35.5. The summed E-state index contributed by atoms with van der Waals surface area (Å²) in [6, 6.07) is 10.7. The Morgan fingerprint density at radius 2 is 2.04 bits per heavy atom. The second-order valence-electron chi connectivity index (χ2n) is 4.69. The van der Waals surface area contributed by atoms with Crippen molar-refractivity contribution in [3.63, 3.8) is 0 Å². The average Bonchev–Trinajstić information content (AvgIpc) is 3.01. The molecule has 7 heteroatoms. The van der Waals surface area contributed by atoms with E-state index in [4.69, 9.17) is 23.2 Å². The Morgan fingerprint density at radius 3 is 2.83 bits per heavy atom. The molecule has 3 rings (SSSR count). The molecule has 2 aromatic heterocycles. The summed E-state index contributed by atoms with van der Waals surface area (Å²) in [4.78, 5) is 20.8.